The number of hydrogen-bond donors (Lipinski definition) is 3. The minimum absolute atomic E-state index is 0.00213. The second-order valence-electron chi connectivity index (χ2n) is 17.0. The lowest BCUT2D eigenvalue weighted by Crippen LogP contribution is -2.49. The standard InChI is InChI=1S/C48H62N2O15/c1-8-49-37(51)24-25-50-38(52)29-59-30-48(31-63-42(56)45(2,3)39(53)60-26-34-18-12-9-13-19-34,32-64-43(57)46(4,5)40(54)61-27-35-20-14-10-15-21-35)33-65-44(58)47(6,7)41(55)62-28-36-22-16-11-17-23-36/h9-23,42,56H,8,24-33H2,1-7H3,(H,49,51)(H,50,52). The van der Waals surface area contributed by atoms with Gasteiger partial charge in [0.1, 0.15) is 45.1 Å². The van der Waals surface area contributed by atoms with E-state index in [-0.39, 0.29) is 38.7 Å². The Morgan fingerprint density at radius 2 is 0.923 bits per heavy atom. The molecular weight excluding hydrogens is 845 g/mol. The zero-order valence-corrected chi connectivity index (χ0v) is 38.2. The summed E-state index contributed by atoms with van der Waals surface area (Å²) in [4.78, 5) is 92.0. The van der Waals surface area contributed by atoms with Crippen LogP contribution in [0.5, 0.6) is 0 Å². The van der Waals surface area contributed by atoms with Gasteiger partial charge >= 0.3 is 29.8 Å². The van der Waals surface area contributed by atoms with E-state index in [1.165, 1.54) is 41.5 Å². The molecule has 3 rings (SSSR count). The topological polar surface area (TPSA) is 228 Å². The Kier molecular flexibility index (Phi) is 20.7. The zero-order valence-electron chi connectivity index (χ0n) is 38.2. The molecule has 0 saturated carbocycles. The summed E-state index contributed by atoms with van der Waals surface area (Å²) < 4.78 is 39.4. The van der Waals surface area contributed by atoms with E-state index in [2.05, 4.69) is 10.6 Å². The second-order valence-corrected chi connectivity index (χ2v) is 17.0. The molecule has 0 spiro atoms. The Bertz CT molecular complexity index is 1940. The van der Waals surface area contributed by atoms with Gasteiger partial charge in [0.15, 0.2) is 17.1 Å². The van der Waals surface area contributed by atoms with Gasteiger partial charge in [-0.05, 0) is 65.2 Å². The Labute approximate surface area is 379 Å². The molecule has 0 heterocycles. The number of carbonyl (C=O) groups excluding carboxylic acids is 7. The van der Waals surface area contributed by atoms with Crippen molar-refractivity contribution in [3.8, 4) is 0 Å². The van der Waals surface area contributed by atoms with Gasteiger partial charge in [0, 0.05) is 19.5 Å². The third-order valence-electron chi connectivity index (χ3n) is 10.1. The van der Waals surface area contributed by atoms with Crippen molar-refractivity contribution in [2.75, 3.05) is 46.1 Å². The second kappa shape index (κ2) is 25.4. The largest absolute Gasteiger partial charge is 0.464 e. The number of amides is 2. The smallest absolute Gasteiger partial charge is 0.323 e. The van der Waals surface area contributed by atoms with Crippen molar-refractivity contribution in [3.05, 3.63) is 108 Å². The monoisotopic (exact) mass is 906 g/mol. The van der Waals surface area contributed by atoms with Crippen LogP contribution in [0, 0.1) is 21.7 Å². The molecule has 354 valence electrons. The highest BCUT2D eigenvalue weighted by molar-refractivity contribution is 5.99. The number of nitrogens with one attached hydrogen (secondary N) is 2. The van der Waals surface area contributed by atoms with E-state index in [4.69, 9.17) is 33.2 Å². The van der Waals surface area contributed by atoms with Crippen molar-refractivity contribution in [1.82, 2.24) is 10.6 Å². The number of hydrogen-bond acceptors (Lipinski definition) is 15. The SMILES string of the molecule is CCNC(=O)CCNC(=O)COCC(COC(=O)C(C)(C)C(=O)OCc1ccccc1)(COC(=O)C(C)(C)C(=O)OCc1ccccc1)COC(O)C(C)(C)C(=O)OCc1ccccc1. The molecular formula is C48H62N2O15. The molecule has 65 heavy (non-hydrogen) atoms. The first-order valence-electron chi connectivity index (χ1n) is 21.1. The van der Waals surface area contributed by atoms with E-state index in [1.807, 2.05) is 0 Å². The van der Waals surface area contributed by atoms with Crippen LogP contribution in [0.1, 0.15) is 71.6 Å². The Morgan fingerprint density at radius 1 is 0.523 bits per heavy atom. The molecule has 0 fully saturated rings. The first-order valence-corrected chi connectivity index (χ1v) is 21.1. The summed E-state index contributed by atoms with van der Waals surface area (Å²) in [5.41, 5.74) is -5.22. The molecule has 3 aromatic rings. The van der Waals surface area contributed by atoms with Crippen LogP contribution in [0.2, 0.25) is 0 Å². The zero-order chi connectivity index (χ0) is 48.1. The summed E-state index contributed by atoms with van der Waals surface area (Å²) in [5, 5.41) is 16.5. The van der Waals surface area contributed by atoms with Gasteiger partial charge in [-0.25, -0.2) is 0 Å². The number of ether oxygens (including phenoxy) is 7. The summed E-state index contributed by atoms with van der Waals surface area (Å²) in [7, 11) is 0. The van der Waals surface area contributed by atoms with Crippen molar-refractivity contribution in [2.24, 2.45) is 21.7 Å². The van der Waals surface area contributed by atoms with E-state index in [0.717, 1.165) is 0 Å². The Morgan fingerprint density at radius 3 is 1.34 bits per heavy atom. The van der Waals surface area contributed by atoms with E-state index < -0.39 is 96.7 Å². The number of carbonyl (C=O) groups is 7. The Hall–Kier alpha value is -6.17. The molecule has 0 aliphatic rings. The van der Waals surface area contributed by atoms with E-state index in [9.17, 15) is 38.7 Å². The average molecular weight is 907 g/mol. The van der Waals surface area contributed by atoms with Crippen molar-refractivity contribution >= 4 is 41.7 Å². The lowest BCUT2D eigenvalue weighted by Gasteiger charge is -2.36. The number of benzene rings is 3. The predicted octanol–water partition coefficient (Wildman–Crippen LogP) is 4.36. The fourth-order valence-electron chi connectivity index (χ4n) is 5.51. The number of esters is 5. The molecule has 17 nitrogen and oxygen atoms in total. The van der Waals surface area contributed by atoms with Crippen molar-refractivity contribution in [2.45, 2.75) is 81.0 Å². The van der Waals surface area contributed by atoms with Gasteiger partial charge in [0.05, 0.1) is 18.6 Å². The third kappa shape index (κ3) is 17.0. The van der Waals surface area contributed by atoms with Crippen LogP contribution in [0.3, 0.4) is 0 Å². The highest BCUT2D eigenvalue weighted by atomic mass is 16.6. The molecule has 0 bridgehead atoms. The van der Waals surface area contributed by atoms with Crippen LogP contribution in [-0.4, -0.2) is 99.2 Å². The average Bonchev–Trinajstić information content (AvgIpc) is 3.29. The van der Waals surface area contributed by atoms with Gasteiger partial charge in [0.2, 0.25) is 11.8 Å². The van der Waals surface area contributed by atoms with Gasteiger partial charge in [0.25, 0.3) is 0 Å². The first kappa shape index (κ1) is 53.2. The lowest BCUT2D eigenvalue weighted by molar-refractivity contribution is -0.216. The van der Waals surface area contributed by atoms with Crippen LogP contribution in [0.15, 0.2) is 91.0 Å². The van der Waals surface area contributed by atoms with Crippen LogP contribution in [-0.2, 0) is 86.5 Å². The van der Waals surface area contributed by atoms with Crippen molar-refractivity contribution in [3.63, 3.8) is 0 Å². The molecule has 0 aromatic heterocycles. The van der Waals surface area contributed by atoms with Crippen LogP contribution in [0.4, 0.5) is 0 Å². The minimum atomic E-state index is -1.89. The van der Waals surface area contributed by atoms with Gasteiger partial charge in [-0.1, -0.05) is 91.0 Å². The fraction of sp³-hybridized carbons (Fsp3) is 0.479. The Balaban J connectivity index is 1.90. The highest BCUT2D eigenvalue weighted by Crippen LogP contribution is 2.31. The first-order chi connectivity index (χ1) is 30.7. The normalized spacial score (nSPS) is 12.2. The van der Waals surface area contributed by atoms with Crippen molar-refractivity contribution < 1.29 is 71.8 Å². The van der Waals surface area contributed by atoms with Gasteiger partial charge in [-0.15, -0.1) is 0 Å². The summed E-state index contributed by atoms with van der Waals surface area (Å²) >= 11 is 0. The summed E-state index contributed by atoms with van der Waals surface area (Å²) in [6.07, 6.45) is -1.89. The van der Waals surface area contributed by atoms with Gasteiger partial charge in [-0.3, -0.25) is 33.6 Å². The molecule has 0 aliphatic carbocycles. The minimum Gasteiger partial charge on any atom is -0.464 e. The maximum absolute atomic E-state index is 13.7. The summed E-state index contributed by atoms with van der Waals surface area (Å²) in [6, 6.07) is 26.4. The van der Waals surface area contributed by atoms with Gasteiger partial charge in [-0.2, -0.15) is 0 Å². The molecule has 3 N–H and O–H groups in total. The van der Waals surface area contributed by atoms with Crippen LogP contribution < -0.4 is 10.6 Å². The molecule has 1 unspecified atom stereocenters. The van der Waals surface area contributed by atoms with Crippen LogP contribution >= 0.6 is 0 Å². The van der Waals surface area contributed by atoms with Crippen LogP contribution in [0.25, 0.3) is 0 Å². The third-order valence-corrected chi connectivity index (χ3v) is 10.1. The fourth-order valence-corrected chi connectivity index (χ4v) is 5.51. The van der Waals surface area contributed by atoms with E-state index in [0.29, 0.717) is 23.2 Å². The predicted molar refractivity (Wildman–Crippen MR) is 233 cm³/mol. The van der Waals surface area contributed by atoms with Crippen molar-refractivity contribution in [1.29, 1.82) is 0 Å². The van der Waals surface area contributed by atoms with E-state index in [1.54, 1.807) is 97.9 Å². The van der Waals surface area contributed by atoms with Gasteiger partial charge < -0.3 is 48.9 Å². The number of aliphatic hydroxyl groups is 1. The lowest BCUT2D eigenvalue weighted by atomic mass is 9.89. The molecule has 17 heteroatoms. The van der Waals surface area contributed by atoms with E-state index >= 15 is 0 Å². The molecule has 0 aliphatic heterocycles. The molecule has 1 atom stereocenters. The molecule has 0 saturated heterocycles. The summed E-state index contributed by atoms with van der Waals surface area (Å²) in [6.45, 7) is 6.42. The highest BCUT2D eigenvalue weighted by Gasteiger charge is 2.46. The summed E-state index contributed by atoms with van der Waals surface area (Å²) in [5.74, 6) is -5.70. The quantitative estimate of drug-likeness (QED) is 0.0418. The maximum atomic E-state index is 13.7. The maximum Gasteiger partial charge on any atom is 0.323 e. The molecule has 3 aromatic carbocycles. The molecule has 2 amide bonds. The molecule has 0 radical (unpaired) electrons. The number of rotatable bonds is 27. The number of aliphatic hydroxyl groups excluding tert-OH is 1.